The monoisotopic (exact) mass is 340 g/mol. The first-order valence-corrected chi connectivity index (χ1v) is 7.85. The second kappa shape index (κ2) is 6.86. The van der Waals surface area contributed by atoms with Crippen LogP contribution in [-0.4, -0.2) is 16.5 Å². The highest BCUT2D eigenvalue weighted by Crippen LogP contribution is 2.23. The van der Waals surface area contributed by atoms with Crippen molar-refractivity contribution >= 4 is 39.0 Å². The lowest BCUT2D eigenvalue weighted by Gasteiger charge is -2.09. The SMILES string of the molecule is CCCNc1ncc(C)c(NCc2ccc(Br)s2)n1. The van der Waals surface area contributed by atoms with E-state index in [1.54, 1.807) is 11.3 Å². The summed E-state index contributed by atoms with van der Waals surface area (Å²) in [4.78, 5) is 10.0. The zero-order chi connectivity index (χ0) is 13.7. The minimum atomic E-state index is 0.683. The van der Waals surface area contributed by atoms with E-state index in [0.717, 1.165) is 34.7 Å². The smallest absolute Gasteiger partial charge is 0.224 e. The van der Waals surface area contributed by atoms with Gasteiger partial charge in [0.15, 0.2) is 0 Å². The molecular formula is C13H17BrN4S. The van der Waals surface area contributed by atoms with Crippen LogP contribution in [0, 0.1) is 6.92 Å². The van der Waals surface area contributed by atoms with Gasteiger partial charge in [-0.05, 0) is 41.4 Å². The van der Waals surface area contributed by atoms with Crippen molar-refractivity contribution in [3.05, 3.63) is 32.6 Å². The van der Waals surface area contributed by atoms with Crippen molar-refractivity contribution in [3.63, 3.8) is 0 Å². The number of halogens is 1. The third-order valence-corrected chi connectivity index (χ3v) is 4.19. The van der Waals surface area contributed by atoms with Crippen LogP contribution in [-0.2, 0) is 6.54 Å². The normalized spacial score (nSPS) is 10.5. The molecule has 0 saturated heterocycles. The van der Waals surface area contributed by atoms with Crippen molar-refractivity contribution < 1.29 is 0 Å². The van der Waals surface area contributed by atoms with Gasteiger partial charge >= 0.3 is 0 Å². The first kappa shape index (κ1) is 14.3. The fourth-order valence-corrected chi connectivity index (χ4v) is 2.98. The van der Waals surface area contributed by atoms with E-state index in [-0.39, 0.29) is 0 Å². The van der Waals surface area contributed by atoms with Gasteiger partial charge < -0.3 is 10.6 Å². The van der Waals surface area contributed by atoms with Gasteiger partial charge in [-0.25, -0.2) is 4.98 Å². The van der Waals surface area contributed by atoms with Crippen LogP contribution >= 0.6 is 27.3 Å². The predicted molar refractivity (Wildman–Crippen MR) is 84.9 cm³/mol. The molecule has 0 bridgehead atoms. The molecule has 0 aliphatic heterocycles. The van der Waals surface area contributed by atoms with E-state index >= 15 is 0 Å². The molecule has 2 rings (SSSR count). The molecule has 2 heterocycles. The van der Waals surface area contributed by atoms with Crippen molar-refractivity contribution in [1.82, 2.24) is 9.97 Å². The highest BCUT2D eigenvalue weighted by atomic mass is 79.9. The van der Waals surface area contributed by atoms with Gasteiger partial charge in [0, 0.05) is 23.2 Å². The van der Waals surface area contributed by atoms with E-state index in [4.69, 9.17) is 0 Å². The Morgan fingerprint density at radius 2 is 2.16 bits per heavy atom. The summed E-state index contributed by atoms with van der Waals surface area (Å²) in [5.41, 5.74) is 1.05. The van der Waals surface area contributed by atoms with E-state index in [9.17, 15) is 0 Å². The van der Waals surface area contributed by atoms with Crippen LogP contribution in [0.2, 0.25) is 0 Å². The molecule has 0 saturated carbocycles. The van der Waals surface area contributed by atoms with Crippen LogP contribution in [0.3, 0.4) is 0 Å². The van der Waals surface area contributed by atoms with Crippen LogP contribution in [0.15, 0.2) is 22.1 Å². The van der Waals surface area contributed by atoms with Gasteiger partial charge in [-0.1, -0.05) is 6.92 Å². The Morgan fingerprint density at radius 3 is 2.84 bits per heavy atom. The number of anilines is 2. The Morgan fingerprint density at radius 1 is 1.32 bits per heavy atom. The lowest BCUT2D eigenvalue weighted by Crippen LogP contribution is -2.08. The van der Waals surface area contributed by atoms with Gasteiger partial charge in [0.2, 0.25) is 5.95 Å². The zero-order valence-electron chi connectivity index (χ0n) is 11.0. The average Bonchev–Trinajstić information content (AvgIpc) is 2.82. The van der Waals surface area contributed by atoms with Crippen molar-refractivity contribution in [2.75, 3.05) is 17.2 Å². The van der Waals surface area contributed by atoms with Crippen LogP contribution in [0.25, 0.3) is 0 Å². The summed E-state index contributed by atoms with van der Waals surface area (Å²) >= 11 is 5.19. The number of nitrogens with one attached hydrogen (secondary N) is 2. The Balaban J connectivity index is 2.02. The summed E-state index contributed by atoms with van der Waals surface area (Å²) in [5.74, 6) is 1.57. The quantitative estimate of drug-likeness (QED) is 0.832. The molecule has 2 aromatic rings. The second-order valence-corrected chi connectivity index (χ2v) is 6.76. The van der Waals surface area contributed by atoms with Gasteiger partial charge in [0.05, 0.1) is 10.3 Å². The van der Waals surface area contributed by atoms with Crippen LogP contribution in [0.1, 0.15) is 23.8 Å². The maximum atomic E-state index is 4.49. The van der Waals surface area contributed by atoms with Crippen LogP contribution in [0.5, 0.6) is 0 Å². The Kier molecular flexibility index (Phi) is 5.15. The highest BCUT2D eigenvalue weighted by Gasteiger charge is 2.04. The maximum Gasteiger partial charge on any atom is 0.224 e. The molecule has 0 radical (unpaired) electrons. The van der Waals surface area contributed by atoms with Crippen molar-refractivity contribution in [3.8, 4) is 0 Å². The third-order valence-electron chi connectivity index (χ3n) is 2.56. The molecule has 4 nitrogen and oxygen atoms in total. The van der Waals surface area contributed by atoms with Crippen LogP contribution < -0.4 is 10.6 Å². The number of nitrogens with zero attached hydrogens (tertiary/aromatic N) is 2. The van der Waals surface area contributed by atoms with Gasteiger partial charge in [-0.2, -0.15) is 4.98 Å². The van der Waals surface area contributed by atoms with E-state index in [1.165, 1.54) is 4.88 Å². The molecule has 0 amide bonds. The number of hydrogen-bond acceptors (Lipinski definition) is 5. The van der Waals surface area contributed by atoms with E-state index < -0.39 is 0 Å². The number of rotatable bonds is 6. The first-order valence-electron chi connectivity index (χ1n) is 6.24. The molecule has 102 valence electrons. The number of aryl methyl sites for hydroxylation is 1. The maximum absolute atomic E-state index is 4.49. The minimum Gasteiger partial charge on any atom is -0.365 e. The minimum absolute atomic E-state index is 0.683. The fourth-order valence-electron chi connectivity index (χ4n) is 1.56. The lowest BCUT2D eigenvalue weighted by molar-refractivity contribution is 0.947. The topological polar surface area (TPSA) is 49.8 Å². The zero-order valence-corrected chi connectivity index (χ0v) is 13.4. The molecule has 2 N–H and O–H groups in total. The van der Waals surface area contributed by atoms with Gasteiger partial charge in [-0.15, -0.1) is 11.3 Å². The summed E-state index contributed by atoms with van der Waals surface area (Å²) in [6.07, 6.45) is 2.90. The number of thiophene rings is 1. The summed E-state index contributed by atoms with van der Waals surface area (Å²) < 4.78 is 1.15. The molecule has 19 heavy (non-hydrogen) atoms. The fraction of sp³-hybridized carbons (Fsp3) is 0.385. The molecular weight excluding hydrogens is 324 g/mol. The average molecular weight is 341 g/mol. The van der Waals surface area contributed by atoms with Gasteiger partial charge in [-0.3, -0.25) is 0 Å². The van der Waals surface area contributed by atoms with Gasteiger partial charge in [0.25, 0.3) is 0 Å². The largest absolute Gasteiger partial charge is 0.365 e. The molecule has 6 heteroatoms. The van der Waals surface area contributed by atoms with E-state index in [0.29, 0.717) is 5.95 Å². The molecule has 0 aromatic carbocycles. The third kappa shape index (κ3) is 4.18. The predicted octanol–water partition coefficient (Wildman–Crippen LogP) is 4.04. The number of hydrogen-bond donors (Lipinski definition) is 2. The van der Waals surface area contributed by atoms with Crippen molar-refractivity contribution in [2.45, 2.75) is 26.8 Å². The molecule has 0 spiro atoms. The van der Waals surface area contributed by atoms with Crippen LogP contribution in [0.4, 0.5) is 11.8 Å². The molecule has 0 atom stereocenters. The molecule has 0 aliphatic rings. The van der Waals surface area contributed by atoms with E-state index in [2.05, 4.69) is 55.6 Å². The molecule has 0 aliphatic carbocycles. The Bertz CT molecular complexity index is 541. The second-order valence-electron chi connectivity index (χ2n) is 4.21. The summed E-state index contributed by atoms with van der Waals surface area (Å²) in [6.45, 7) is 5.80. The molecule has 0 fully saturated rings. The van der Waals surface area contributed by atoms with Gasteiger partial charge in [0.1, 0.15) is 5.82 Å². The first-order chi connectivity index (χ1) is 9.19. The summed E-state index contributed by atoms with van der Waals surface area (Å²) in [7, 11) is 0. The Hall–Kier alpha value is -1.14. The summed E-state index contributed by atoms with van der Waals surface area (Å²) in [5, 5.41) is 6.55. The number of aromatic nitrogens is 2. The van der Waals surface area contributed by atoms with Crippen molar-refractivity contribution in [2.24, 2.45) is 0 Å². The molecule has 0 unspecified atom stereocenters. The van der Waals surface area contributed by atoms with E-state index in [1.807, 2.05) is 13.1 Å². The lowest BCUT2D eigenvalue weighted by atomic mass is 10.3. The highest BCUT2D eigenvalue weighted by molar-refractivity contribution is 9.11. The molecule has 2 aromatic heterocycles. The summed E-state index contributed by atoms with van der Waals surface area (Å²) in [6, 6.07) is 4.16. The standard InChI is InChI=1S/C13H17BrN4S/c1-3-6-15-13-17-7-9(2)12(18-13)16-8-10-4-5-11(14)19-10/h4-5,7H,3,6,8H2,1-2H3,(H2,15,16,17,18). The Labute approximate surface area is 125 Å². The van der Waals surface area contributed by atoms with Crippen molar-refractivity contribution in [1.29, 1.82) is 0 Å².